The molecule has 1 saturated carbocycles. The predicted molar refractivity (Wildman–Crippen MR) is 509 cm³/mol. The molecule has 135 heavy (non-hydrogen) atoms. The summed E-state index contributed by atoms with van der Waals surface area (Å²) in [7, 11) is 6.24. The fourth-order valence-electron chi connectivity index (χ4n) is 18.8. The average Bonchev–Trinajstić information content (AvgIpc) is 1.70. The number of carbonyl (C=O) groups excluding carboxylic acids is 6. The lowest BCUT2D eigenvalue weighted by Gasteiger charge is -2.43. The van der Waals surface area contributed by atoms with E-state index in [1.54, 1.807) is 41.3 Å². The van der Waals surface area contributed by atoms with Crippen LogP contribution >= 0.6 is 0 Å². The zero-order chi connectivity index (χ0) is 97.1. The van der Waals surface area contributed by atoms with E-state index in [9.17, 15) is 49.2 Å². The lowest BCUT2D eigenvalue weighted by molar-refractivity contribution is -0.265. The van der Waals surface area contributed by atoms with Crippen LogP contribution in [0.15, 0.2) is 99.9 Å². The van der Waals surface area contributed by atoms with Gasteiger partial charge in [0.1, 0.15) is 47.7 Å². The van der Waals surface area contributed by atoms with Crippen molar-refractivity contribution in [3.8, 4) is 11.3 Å². The number of hydrogen-bond donors (Lipinski definition) is 7. The highest BCUT2D eigenvalue weighted by molar-refractivity contribution is 6.39. The second-order valence-corrected chi connectivity index (χ2v) is 37.2. The number of hydrogen-bond acceptors (Lipinski definition) is 31. The first-order valence-corrected chi connectivity index (χ1v) is 48.4. The van der Waals surface area contributed by atoms with Crippen LogP contribution in [-0.2, 0) is 105 Å². The minimum Gasteiger partial charge on any atom is -0.460 e. The Hall–Kier alpha value is -8.89. The molecule has 3 saturated heterocycles. The molecule has 4 fully saturated rings. The van der Waals surface area contributed by atoms with Crippen LogP contribution in [0.25, 0.3) is 33.4 Å². The Morgan fingerprint density at radius 3 is 2.19 bits per heavy atom. The van der Waals surface area contributed by atoms with Gasteiger partial charge < -0.3 is 108 Å². The Kier molecular flexibility index (Phi) is 44.1. The molecule has 0 spiro atoms. The topological polar surface area (TPSA) is 450 Å². The summed E-state index contributed by atoms with van der Waals surface area (Å²) in [6.45, 7) is 24.4. The fourth-order valence-corrected chi connectivity index (χ4v) is 18.8. The maximum Gasteiger partial charge on any atom is 0.329 e. The van der Waals surface area contributed by atoms with Crippen molar-refractivity contribution in [3.63, 3.8) is 0 Å². The number of piperidine rings is 2. The molecule has 6 aliphatic rings. The number of aliphatic hydroxyl groups excluding tert-OH is 3. The number of fused-ring (bicyclic) bond motifs is 6. The number of nitrogen functional groups attached to an aromatic ring is 2. The molecule has 35 heteroatoms. The SMILES string of the molecule is CCCOCCOCCOCCOCCC(=O)N1CCc2cc(Cn3nc(-c4ccc5oc(N)nc5c4)c4c(N)ncnc43)ccc2C1.COCCOCCNC(=O)CN1CCC(CC(=O)CON=C2[C@H](C)C[C@H](C)/C=C/C=C/C=C(\C)[C@@H](OC)C[C@@H]3CC[C@@H](C)[C@@](O)(O3)C(=O)C(=O)N3CCCC[C@H]3C(=O)O[C@H]([C@H](C)C[C@@H]3CC[C@@H](O)[C@H](OC)C3)C[C@@H](O)[C@H](C)/C=C(\C)[C@@H](O)[C@H]2OC)CC1. The van der Waals surface area contributed by atoms with Gasteiger partial charge in [0.15, 0.2) is 23.6 Å². The summed E-state index contributed by atoms with van der Waals surface area (Å²) >= 11 is 0. The summed E-state index contributed by atoms with van der Waals surface area (Å²) in [6, 6.07) is 10.9. The Morgan fingerprint density at radius 1 is 0.733 bits per heavy atom. The quantitative estimate of drug-likeness (QED) is 0.00644. The number of cyclic esters (lactones) is 1. The minimum atomic E-state index is -2.45. The van der Waals surface area contributed by atoms with Gasteiger partial charge in [-0.3, -0.25) is 28.9 Å². The van der Waals surface area contributed by atoms with E-state index in [0.29, 0.717) is 221 Å². The van der Waals surface area contributed by atoms with E-state index >= 15 is 0 Å². The van der Waals surface area contributed by atoms with E-state index in [1.165, 1.54) is 23.9 Å². The van der Waals surface area contributed by atoms with Gasteiger partial charge in [-0.05, 0) is 187 Å². The zero-order valence-corrected chi connectivity index (χ0v) is 81.3. The minimum absolute atomic E-state index is 0.00157. The van der Waals surface area contributed by atoms with Crippen LogP contribution in [0.1, 0.15) is 181 Å². The summed E-state index contributed by atoms with van der Waals surface area (Å²) in [4.78, 5) is 107. The first kappa shape index (κ1) is 108. The number of ether oxygens (including phenoxy) is 11. The second kappa shape index (κ2) is 55.0. The molecule has 5 aromatic rings. The summed E-state index contributed by atoms with van der Waals surface area (Å²) in [5, 5.41) is 60.1. The molecule has 0 unspecified atom stereocenters. The van der Waals surface area contributed by atoms with Gasteiger partial charge in [0.25, 0.3) is 17.7 Å². The van der Waals surface area contributed by atoms with Crippen molar-refractivity contribution in [2.75, 3.05) is 158 Å². The first-order valence-electron chi connectivity index (χ1n) is 48.4. The number of methoxy groups -OCH3 is 4. The van der Waals surface area contributed by atoms with Crippen LogP contribution in [0.5, 0.6) is 0 Å². The van der Waals surface area contributed by atoms with Gasteiger partial charge in [-0.1, -0.05) is 101 Å². The van der Waals surface area contributed by atoms with E-state index in [2.05, 4.69) is 68.4 Å². The average molecular weight is 1890 g/mol. The van der Waals surface area contributed by atoms with Crippen LogP contribution in [0.3, 0.4) is 0 Å². The number of ketones is 2. The Morgan fingerprint density at radius 2 is 1.47 bits per heavy atom. The van der Waals surface area contributed by atoms with Gasteiger partial charge in [0, 0.05) is 104 Å². The van der Waals surface area contributed by atoms with E-state index in [0.717, 1.165) is 61.0 Å². The number of oxazole rings is 1. The van der Waals surface area contributed by atoms with E-state index in [4.69, 9.17) is 77.9 Å². The molecular formula is C100H150N12O23. The number of benzene rings is 2. The standard InChI is InChI=1S/C66H108N4O17.C34H42N8O6/c1-42-17-13-12-14-18-43(2)56(81-9)38-52-22-20-48(7)66(79,87-52)63(76)64(77)70-27-16-15-19-53(70)65(78)86-57(45(4)35-50-21-23-54(72)58(37-50)82-10)39-55(73)44(3)34-47(6)61(75)62(83-11)60(46(5)33-42)68-85-41-51(71)36-49-24-28-69(29-25-49)40-59(74)67-26-30-84-32-31-80-8;1-2-10-44-12-14-46-16-17-47-15-13-45-11-8-29(43)41-9-7-24-18-23(3-4-26(24)21-41)20-42-33-30(32(35)37-22-38-33)31(40-42)25-5-6-28-27(19-25)39-34(36)48-28/h12-14,17-18,34,42,44-46,48-50,52-58,61-62,72-73,75,79H,15-16,19-33,35-41H2,1-11H3,(H,67,74);3-6,18-19,22H,2,7-17,20-21H2,1H3,(H2,36,39)(H2,35,37,38)/b14-12+,17-13+,43-18+,47-34+,68-60?;/t42-,44-,45-,46-,48-,50+,52+,53+,54-,55-,56+,57+,58-,61-,62+,66-;/m1./s1. The van der Waals surface area contributed by atoms with Crippen LogP contribution in [-0.4, -0.2) is 308 Å². The molecule has 9 N–H and O–H groups in total. The van der Waals surface area contributed by atoms with E-state index < -0.39 is 84.1 Å². The molecule has 2 aromatic carbocycles. The molecule has 8 heterocycles. The lowest BCUT2D eigenvalue weighted by atomic mass is 9.78. The fraction of sp³-hybridized carbons (Fsp3) is 0.670. The molecule has 3 aromatic heterocycles. The second-order valence-electron chi connectivity index (χ2n) is 37.2. The smallest absolute Gasteiger partial charge is 0.329 e. The van der Waals surface area contributed by atoms with Crippen LogP contribution in [0, 0.1) is 41.4 Å². The third-order valence-electron chi connectivity index (χ3n) is 26.8. The normalized spacial score (nSPS) is 27.8. The number of carbonyl (C=O) groups is 6. The molecule has 3 amide bonds. The van der Waals surface area contributed by atoms with E-state index in [1.807, 2.05) is 79.8 Å². The Labute approximate surface area is 794 Å². The van der Waals surface area contributed by atoms with Gasteiger partial charge in [0.2, 0.25) is 17.6 Å². The summed E-state index contributed by atoms with van der Waals surface area (Å²) in [5.74, 6) is -6.81. The molecule has 748 valence electrons. The van der Waals surface area contributed by atoms with Crippen molar-refractivity contribution in [3.05, 3.63) is 107 Å². The van der Waals surface area contributed by atoms with Gasteiger partial charge in [-0.2, -0.15) is 10.1 Å². The largest absolute Gasteiger partial charge is 0.460 e. The number of esters is 1. The van der Waals surface area contributed by atoms with Gasteiger partial charge >= 0.3 is 5.97 Å². The Bertz CT molecular complexity index is 4740. The van der Waals surface area contributed by atoms with Gasteiger partial charge in [-0.25, -0.2) is 19.4 Å². The number of oxime groups is 1. The highest BCUT2D eigenvalue weighted by Crippen LogP contribution is 2.40. The van der Waals surface area contributed by atoms with Crippen molar-refractivity contribution in [1.82, 2.24) is 44.7 Å². The molecular weight excluding hydrogens is 1740 g/mol. The maximum atomic E-state index is 14.7. The number of Topliss-reactive ketones (excluding diaryl/α,β-unsaturated/α-hetero) is 2. The number of nitrogens with one attached hydrogen (secondary N) is 1. The number of likely N-dealkylation sites (tertiary alicyclic amines) is 1. The molecule has 35 nitrogen and oxygen atoms in total. The zero-order valence-electron chi connectivity index (χ0n) is 81.3. The van der Waals surface area contributed by atoms with Gasteiger partial charge in [0.05, 0.1) is 127 Å². The Balaban J connectivity index is 0.000000328. The number of aliphatic hydroxyl groups is 4. The molecule has 11 rings (SSSR count). The van der Waals surface area contributed by atoms with Crippen molar-refractivity contribution in [1.29, 1.82) is 0 Å². The van der Waals surface area contributed by atoms with Crippen molar-refractivity contribution >= 4 is 74.9 Å². The van der Waals surface area contributed by atoms with E-state index in [-0.39, 0.29) is 91.8 Å². The van der Waals surface area contributed by atoms with Crippen LogP contribution in [0.4, 0.5) is 11.8 Å². The first-order chi connectivity index (χ1) is 65.0. The van der Waals surface area contributed by atoms with Crippen molar-refractivity contribution < 1.29 is 111 Å². The summed E-state index contributed by atoms with van der Waals surface area (Å²) < 4.78 is 69.9. The summed E-state index contributed by atoms with van der Waals surface area (Å²) in [5.41, 5.74) is 20.6. The predicted octanol–water partition coefficient (Wildman–Crippen LogP) is 9.82. The molecule has 5 aliphatic heterocycles. The molecule has 2 bridgehead atoms. The lowest BCUT2D eigenvalue weighted by Crippen LogP contribution is -2.61. The number of nitrogens with two attached hydrogens (primary N) is 2. The number of amides is 3. The number of anilines is 2. The monoisotopic (exact) mass is 1890 g/mol. The molecule has 0 radical (unpaired) electrons. The number of rotatable bonds is 36. The summed E-state index contributed by atoms with van der Waals surface area (Å²) in [6.07, 6.45) is 16.1. The number of allylic oxidation sites excluding steroid dienone is 5. The highest BCUT2D eigenvalue weighted by atomic mass is 16.6. The number of aromatic nitrogens is 5. The van der Waals surface area contributed by atoms with Crippen molar-refractivity contribution in [2.24, 2.45) is 46.6 Å². The molecule has 16 atom stereocenters. The van der Waals surface area contributed by atoms with Crippen molar-refractivity contribution in [2.45, 2.75) is 245 Å². The van der Waals surface area contributed by atoms with Gasteiger partial charge in [-0.15, -0.1) is 0 Å². The molecule has 1 aliphatic carbocycles. The van der Waals surface area contributed by atoms with Crippen LogP contribution in [0.2, 0.25) is 0 Å². The van der Waals surface area contributed by atoms with Crippen LogP contribution < -0.4 is 16.8 Å². The third-order valence-corrected chi connectivity index (χ3v) is 26.8. The third kappa shape index (κ3) is 32.1. The maximum absolute atomic E-state index is 14.7. The highest BCUT2D eigenvalue weighted by Gasteiger charge is 2.53. The number of nitrogens with zero attached hydrogens (tertiary/aromatic N) is 9.